The highest BCUT2D eigenvalue weighted by molar-refractivity contribution is 7.98. The van der Waals surface area contributed by atoms with E-state index in [-0.39, 0.29) is 11.8 Å². The SMILES string of the molecule is CSc1cncc(-c2nc(NCCc3ccc(O)cc3)c3ncn(C(C)C)c3n2)c1. The summed E-state index contributed by atoms with van der Waals surface area (Å²) in [4.78, 5) is 19.6. The van der Waals surface area contributed by atoms with Crippen LogP contribution in [0.3, 0.4) is 0 Å². The van der Waals surface area contributed by atoms with E-state index < -0.39 is 0 Å². The zero-order chi connectivity index (χ0) is 21.1. The number of thioether (sulfide) groups is 1. The number of aromatic nitrogens is 5. The van der Waals surface area contributed by atoms with Crippen LogP contribution in [0.5, 0.6) is 5.75 Å². The Bertz CT molecular complexity index is 1160. The van der Waals surface area contributed by atoms with Crippen molar-refractivity contribution in [2.45, 2.75) is 31.2 Å². The summed E-state index contributed by atoms with van der Waals surface area (Å²) in [5.74, 6) is 1.61. The maximum absolute atomic E-state index is 9.45. The number of hydrogen-bond donors (Lipinski definition) is 2. The zero-order valence-electron chi connectivity index (χ0n) is 17.2. The van der Waals surface area contributed by atoms with Crippen LogP contribution in [-0.2, 0) is 6.42 Å². The van der Waals surface area contributed by atoms with Crippen molar-refractivity contribution in [3.63, 3.8) is 0 Å². The average Bonchev–Trinajstić information content (AvgIpc) is 3.20. The first-order valence-corrected chi connectivity index (χ1v) is 11.0. The maximum atomic E-state index is 9.45. The molecule has 0 atom stereocenters. The van der Waals surface area contributed by atoms with Gasteiger partial charge in [0.1, 0.15) is 11.3 Å². The monoisotopic (exact) mass is 420 g/mol. The maximum Gasteiger partial charge on any atom is 0.166 e. The Labute approximate surface area is 179 Å². The zero-order valence-corrected chi connectivity index (χ0v) is 18.0. The number of pyridine rings is 1. The predicted octanol–water partition coefficient (Wildman–Crippen LogP) is 4.55. The highest BCUT2D eigenvalue weighted by Crippen LogP contribution is 2.27. The number of benzene rings is 1. The fourth-order valence-corrected chi connectivity index (χ4v) is 3.60. The van der Waals surface area contributed by atoms with Gasteiger partial charge in [0, 0.05) is 35.4 Å². The van der Waals surface area contributed by atoms with Crippen molar-refractivity contribution in [3.8, 4) is 17.1 Å². The molecule has 30 heavy (non-hydrogen) atoms. The molecular weight excluding hydrogens is 396 g/mol. The van der Waals surface area contributed by atoms with Crippen molar-refractivity contribution in [1.29, 1.82) is 0 Å². The standard InChI is InChI=1S/C22H24N6OS/c1-14(2)28-13-25-19-21(24-9-8-15-4-6-17(29)7-5-15)26-20(27-22(19)28)16-10-18(30-3)12-23-11-16/h4-7,10-14,29H,8-9H2,1-3H3,(H,24,26,27). The second-order valence-corrected chi connectivity index (χ2v) is 8.15. The smallest absolute Gasteiger partial charge is 0.166 e. The Hall–Kier alpha value is -3.13. The van der Waals surface area contributed by atoms with Gasteiger partial charge in [0.25, 0.3) is 0 Å². The first kappa shape index (κ1) is 20.2. The van der Waals surface area contributed by atoms with Gasteiger partial charge in [-0.1, -0.05) is 12.1 Å². The number of hydrogen-bond acceptors (Lipinski definition) is 7. The van der Waals surface area contributed by atoms with Gasteiger partial charge in [-0.25, -0.2) is 15.0 Å². The third-order valence-corrected chi connectivity index (χ3v) is 5.52. The fraction of sp³-hybridized carbons (Fsp3) is 0.273. The van der Waals surface area contributed by atoms with Crippen LogP contribution >= 0.6 is 11.8 Å². The summed E-state index contributed by atoms with van der Waals surface area (Å²) in [6.07, 6.45) is 8.26. The van der Waals surface area contributed by atoms with Crippen molar-refractivity contribution in [1.82, 2.24) is 24.5 Å². The quantitative estimate of drug-likeness (QED) is 0.424. The number of phenolic OH excluding ortho intramolecular Hbond substituents is 1. The van der Waals surface area contributed by atoms with E-state index in [4.69, 9.17) is 9.97 Å². The molecule has 8 heteroatoms. The number of aromatic hydroxyl groups is 1. The van der Waals surface area contributed by atoms with Gasteiger partial charge in [0.2, 0.25) is 0 Å². The number of nitrogens with zero attached hydrogens (tertiary/aromatic N) is 5. The summed E-state index contributed by atoms with van der Waals surface area (Å²) in [6.45, 7) is 4.90. The lowest BCUT2D eigenvalue weighted by Crippen LogP contribution is -2.09. The number of nitrogens with one attached hydrogen (secondary N) is 1. The van der Waals surface area contributed by atoms with E-state index in [0.717, 1.165) is 33.6 Å². The molecule has 4 aromatic rings. The normalized spacial score (nSPS) is 11.3. The Morgan fingerprint density at radius 2 is 1.93 bits per heavy atom. The van der Waals surface area contributed by atoms with Crippen LogP contribution in [0.1, 0.15) is 25.5 Å². The average molecular weight is 421 g/mol. The molecule has 0 amide bonds. The Kier molecular flexibility index (Phi) is 5.85. The summed E-state index contributed by atoms with van der Waals surface area (Å²) in [6, 6.07) is 9.53. The Morgan fingerprint density at radius 1 is 1.13 bits per heavy atom. The summed E-state index contributed by atoms with van der Waals surface area (Å²) in [5, 5.41) is 12.9. The third-order valence-electron chi connectivity index (χ3n) is 4.83. The van der Waals surface area contributed by atoms with Gasteiger partial charge >= 0.3 is 0 Å². The van der Waals surface area contributed by atoms with E-state index >= 15 is 0 Å². The molecule has 3 aromatic heterocycles. The minimum absolute atomic E-state index is 0.234. The molecule has 7 nitrogen and oxygen atoms in total. The van der Waals surface area contributed by atoms with E-state index in [2.05, 4.69) is 39.8 Å². The molecule has 0 fully saturated rings. The van der Waals surface area contributed by atoms with E-state index in [1.165, 1.54) is 0 Å². The number of phenols is 1. The Balaban J connectivity index is 1.68. The van der Waals surface area contributed by atoms with Crippen LogP contribution in [0, 0.1) is 0 Å². The topological polar surface area (TPSA) is 88.8 Å². The third kappa shape index (κ3) is 4.23. The molecule has 0 radical (unpaired) electrons. The fourth-order valence-electron chi connectivity index (χ4n) is 3.19. The second kappa shape index (κ2) is 8.71. The molecule has 154 valence electrons. The van der Waals surface area contributed by atoms with E-state index in [9.17, 15) is 5.11 Å². The largest absolute Gasteiger partial charge is 0.508 e. The molecule has 0 saturated carbocycles. The van der Waals surface area contributed by atoms with Crippen LogP contribution in [0.2, 0.25) is 0 Å². The number of anilines is 1. The van der Waals surface area contributed by atoms with Crippen LogP contribution in [0.15, 0.2) is 53.9 Å². The lowest BCUT2D eigenvalue weighted by atomic mass is 10.1. The lowest BCUT2D eigenvalue weighted by molar-refractivity contribution is 0.475. The Morgan fingerprint density at radius 3 is 2.67 bits per heavy atom. The van der Waals surface area contributed by atoms with Crippen LogP contribution in [0.25, 0.3) is 22.6 Å². The highest BCUT2D eigenvalue weighted by Gasteiger charge is 2.16. The number of rotatable bonds is 7. The van der Waals surface area contributed by atoms with Gasteiger partial charge in [-0.2, -0.15) is 0 Å². The van der Waals surface area contributed by atoms with Gasteiger partial charge < -0.3 is 15.0 Å². The van der Waals surface area contributed by atoms with Gasteiger partial charge in [-0.15, -0.1) is 11.8 Å². The molecule has 2 N–H and O–H groups in total. The summed E-state index contributed by atoms with van der Waals surface area (Å²) >= 11 is 1.64. The first-order valence-electron chi connectivity index (χ1n) is 9.81. The van der Waals surface area contributed by atoms with Crippen LogP contribution < -0.4 is 5.32 Å². The van der Waals surface area contributed by atoms with E-state index in [1.807, 2.05) is 30.9 Å². The van der Waals surface area contributed by atoms with Crippen LogP contribution in [0.4, 0.5) is 5.82 Å². The molecular formula is C22H24N6OS. The summed E-state index contributed by atoms with van der Waals surface area (Å²) < 4.78 is 2.05. The van der Waals surface area contributed by atoms with E-state index in [1.54, 1.807) is 30.1 Å². The second-order valence-electron chi connectivity index (χ2n) is 7.27. The van der Waals surface area contributed by atoms with Crippen molar-refractivity contribution in [3.05, 3.63) is 54.6 Å². The molecule has 0 aliphatic carbocycles. The molecule has 0 aliphatic rings. The summed E-state index contributed by atoms with van der Waals surface area (Å²) in [7, 11) is 0. The van der Waals surface area contributed by atoms with Crippen molar-refractivity contribution in [2.24, 2.45) is 0 Å². The van der Waals surface area contributed by atoms with Crippen molar-refractivity contribution in [2.75, 3.05) is 18.1 Å². The molecule has 0 saturated heterocycles. The van der Waals surface area contributed by atoms with Gasteiger partial charge in [-0.05, 0) is 50.3 Å². The van der Waals surface area contributed by atoms with Gasteiger partial charge in [-0.3, -0.25) is 4.98 Å². The molecule has 3 heterocycles. The molecule has 0 spiro atoms. The molecule has 0 aliphatic heterocycles. The summed E-state index contributed by atoms with van der Waals surface area (Å²) in [5.41, 5.74) is 3.57. The lowest BCUT2D eigenvalue weighted by Gasteiger charge is -2.11. The molecule has 4 rings (SSSR count). The molecule has 1 aromatic carbocycles. The van der Waals surface area contributed by atoms with Crippen LogP contribution in [-0.4, -0.2) is 42.4 Å². The molecule has 0 unspecified atom stereocenters. The van der Waals surface area contributed by atoms with Crippen molar-refractivity contribution < 1.29 is 5.11 Å². The number of imidazole rings is 1. The highest BCUT2D eigenvalue weighted by atomic mass is 32.2. The molecule has 0 bridgehead atoms. The predicted molar refractivity (Wildman–Crippen MR) is 121 cm³/mol. The van der Waals surface area contributed by atoms with Gasteiger partial charge in [0.15, 0.2) is 17.3 Å². The van der Waals surface area contributed by atoms with E-state index in [0.29, 0.717) is 18.2 Å². The number of fused-ring (bicyclic) bond motifs is 1. The minimum Gasteiger partial charge on any atom is -0.508 e. The minimum atomic E-state index is 0.234. The van der Waals surface area contributed by atoms with Crippen molar-refractivity contribution >= 4 is 28.7 Å². The van der Waals surface area contributed by atoms with Gasteiger partial charge in [0.05, 0.1) is 6.33 Å². The first-order chi connectivity index (χ1) is 14.5.